The Balaban J connectivity index is 2.07. The highest BCUT2D eigenvalue weighted by molar-refractivity contribution is 5.77. The second kappa shape index (κ2) is 4.25. The summed E-state index contributed by atoms with van der Waals surface area (Å²) in [7, 11) is 0. The van der Waals surface area contributed by atoms with Gasteiger partial charge in [-0.2, -0.15) is 0 Å². The summed E-state index contributed by atoms with van der Waals surface area (Å²) in [6.07, 6.45) is 2.60. The molecule has 3 atom stereocenters. The third kappa shape index (κ3) is 2.13. The summed E-state index contributed by atoms with van der Waals surface area (Å²) in [5.74, 6) is -0.326. The molecule has 1 aliphatic heterocycles. The van der Waals surface area contributed by atoms with Crippen LogP contribution in [-0.2, 0) is 19.1 Å². The van der Waals surface area contributed by atoms with Crippen LogP contribution in [0.5, 0.6) is 0 Å². The van der Waals surface area contributed by atoms with E-state index in [9.17, 15) is 9.59 Å². The lowest BCUT2D eigenvalue weighted by Crippen LogP contribution is -2.45. The predicted molar refractivity (Wildman–Crippen MR) is 65.8 cm³/mol. The first-order valence-corrected chi connectivity index (χ1v) is 6.72. The van der Waals surface area contributed by atoms with Crippen LogP contribution in [0.3, 0.4) is 0 Å². The topological polar surface area (TPSA) is 52.6 Å². The Morgan fingerprint density at radius 1 is 1.50 bits per heavy atom. The van der Waals surface area contributed by atoms with Gasteiger partial charge in [-0.1, -0.05) is 6.92 Å². The van der Waals surface area contributed by atoms with Crippen LogP contribution in [0.15, 0.2) is 0 Å². The number of esters is 2. The van der Waals surface area contributed by atoms with Gasteiger partial charge in [-0.3, -0.25) is 9.59 Å². The molecule has 0 N–H and O–H groups in total. The van der Waals surface area contributed by atoms with E-state index in [-0.39, 0.29) is 24.0 Å². The Hall–Kier alpha value is -1.06. The van der Waals surface area contributed by atoms with Crippen molar-refractivity contribution in [1.82, 2.24) is 0 Å². The average Bonchev–Trinajstić information content (AvgIpc) is 2.54. The SMILES string of the molecule is CCC(C)(C)C(=O)OC1CCC2CC1(C)OC2=O. The Morgan fingerprint density at radius 2 is 2.17 bits per heavy atom. The number of rotatable bonds is 3. The number of hydrogen-bond donors (Lipinski definition) is 0. The van der Waals surface area contributed by atoms with E-state index in [1.54, 1.807) is 0 Å². The van der Waals surface area contributed by atoms with Crippen LogP contribution >= 0.6 is 0 Å². The molecule has 0 amide bonds. The third-order valence-corrected chi connectivity index (χ3v) is 4.46. The molecule has 4 heteroatoms. The molecule has 4 nitrogen and oxygen atoms in total. The van der Waals surface area contributed by atoms with Crippen LogP contribution in [0.2, 0.25) is 0 Å². The normalized spacial score (nSPS) is 35.2. The second-order valence-electron chi connectivity index (χ2n) is 6.34. The maximum atomic E-state index is 12.1. The zero-order chi connectivity index (χ0) is 13.6. The molecule has 0 aromatic rings. The molecule has 0 radical (unpaired) electrons. The van der Waals surface area contributed by atoms with Crippen LogP contribution in [-0.4, -0.2) is 23.6 Å². The number of carbonyl (C=O) groups excluding carboxylic acids is 2. The summed E-state index contributed by atoms with van der Waals surface area (Å²) in [6.45, 7) is 7.60. The highest BCUT2D eigenvalue weighted by Crippen LogP contribution is 2.44. The molecule has 102 valence electrons. The van der Waals surface area contributed by atoms with Gasteiger partial charge in [-0.25, -0.2) is 0 Å². The molecule has 2 aliphatic rings. The minimum atomic E-state index is -0.612. The van der Waals surface area contributed by atoms with E-state index in [0.29, 0.717) is 6.42 Å². The molecule has 0 aromatic carbocycles. The highest BCUT2D eigenvalue weighted by atomic mass is 16.6. The summed E-state index contributed by atoms with van der Waals surface area (Å²) in [5.41, 5.74) is -1.09. The molecule has 2 fully saturated rings. The van der Waals surface area contributed by atoms with Gasteiger partial charge in [-0.05, 0) is 40.0 Å². The quantitative estimate of drug-likeness (QED) is 0.726. The van der Waals surface area contributed by atoms with Crippen LogP contribution in [0.4, 0.5) is 0 Å². The van der Waals surface area contributed by atoms with E-state index >= 15 is 0 Å². The number of carbonyl (C=O) groups is 2. The van der Waals surface area contributed by atoms with Crippen molar-refractivity contribution in [2.75, 3.05) is 0 Å². The first-order valence-electron chi connectivity index (χ1n) is 6.72. The van der Waals surface area contributed by atoms with Crippen molar-refractivity contribution in [2.24, 2.45) is 11.3 Å². The zero-order valence-electron chi connectivity index (χ0n) is 11.6. The van der Waals surface area contributed by atoms with E-state index in [0.717, 1.165) is 19.3 Å². The summed E-state index contributed by atoms with van der Waals surface area (Å²) in [6, 6.07) is 0. The van der Waals surface area contributed by atoms with Gasteiger partial charge in [0.1, 0.15) is 11.7 Å². The number of ether oxygens (including phenoxy) is 2. The van der Waals surface area contributed by atoms with Crippen molar-refractivity contribution >= 4 is 11.9 Å². The zero-order valence-corrected chi connectivity index (χ0v) is 11.6. The summed E-state index contributed by atoms with van der Waals surface area (Å²) in [5, 5.41) is 0. The van der Waals surface area contributed by atoms with Crippen LogP contribution in [0.25, 0.3) is 0 Å². The molecule has 1 aliphatic carbocycles. The van der Waals surface area contributed by atoms with Gasteiger partial charge in [0.2, 0.25) is 0 Å². The van der Waals surface area contributed by atoms with Gasteiger partial charge < -0.3 is 9.47 Å². The number of hydrogen-bond acceptors (Lipinski definition) is 4. The standard InChI is InChI=1S/C14H22O4/c1-5-13(2,3)12(16)17-10-7-6-9-8-14(10,4)18-11(9)15/h9-10H,5-8H2,1-4H3. The van der Waals surface area contributed by atoms with Gasteiger partial charge in [-0.15, -0.1) is 0 Å². The Labute approximate surface area is 108 Å². The van der Waals surface area contributed by atoms with Crippen LogP contribution in [0.1, 0.15) is 53.4 Å². The van der Waals surface area contributed by atoms with Crippen molar-refractivity contribution in [3.05, 3.63) is 0 Å². The first-order chi connectivity index (χ1) is 8.28. The molecule has 3 unspecified atom stereocenters. The van der Waals surface area contributed by atoms with E-state index in [1.807, 2.05) is 27.7 Å². The van der Waals surface area contributed by atoms with Gasteiger partial charge in [0.05, 0.1) is 11.3 Å². The second-order valence-corrected chi connectivity index (χ2v) is 6.34. The highest BCUT2D eigenvalue weighted by Gasteiger charge is 2.54. The molecule has 2 bridgehead atoms. The fraction of sp³-hybridized carbons (Fsp3) is 0.857. The molecule has 1 saturated heterocycles. The third-order valence-electron chi connectivity index (χ3n) is 4.46. The summed E-state index contributed by atoms with van der Waals surface area (Å²) >= 11 is 0. The lowest BCUT2D eigenvalue weighted by Gasteiger charge is -2.36. The fourth-order valence-corrected chi connectivity index (χ4v) is 2.62. The van der Waals surface area contributed by atoms with Crippen molar-refractivity contribution < 1.29 is 19.1 Å². The molecule has 0 spiro atoms. The Kier molecular flexibility index (Phi) is 3.16. The van der Waals surface area contributed by atoms with Crippen molar-refractivity contribution in [1.29, 1.82) is 0 Å². The lowest BCUT2D eigenvalue weighted by atomic mass is 9.79. The smallest absolute Gasteiger partial charge is 0.311 e. The molecule has 0 aromatic heterocycles. The van der Waals surface area contributed by atoms with Crippen molar-refractivity contribution in [3.8, 4) is 0 Å². The monoisotopic (exact) mass is 254 g/mol. The van der Waals surface area contributed by atoms with Gasteiger partial charge in [0.15, 0.2) is 0 Å². The fourth-order valence-electron chi connectivity index (χ4n) is 2.62. The predicted octanol–water partition coefficient (Wildman–Crippen LogP) is 2.45. The van der Waals surface area contributed by atoms with Crippen molar-refractivity contribution in [2.45, 2.75) is 65.1 Å². The molecule has 1 saturated carbocycles. The minimum Gasteiger partial charge on any atom is -0.458 e. The first kappa shape index (κ1) is 13.4. The summed E-state index contributed by atoms with van der Waals surface area (Å²) < 4.78 is 11.0. The Morgan fingerprint density at radius 3 is 2.78 bits per heavy atom. The molecular formula is C14H22O4. The van der Waals surface area contributed by atoms with E-state index in [1.165, 1.54) is 0 Å². The maximum absolute atomic E-state index is 12.1. The Bertz CT molecular complexity index is 374. The van der Waals surface area contributed by atoms with Gasteiger partial charge >= 0.3 is 11.9 Å². The molecule has 2 rings (SSSR count). The minimum absolute atomic E-state index is 0.00383. The largest absolute Gasteiger partial charge is 0.458 e. The van der Waals surface area contributed by atoms with Gasteiger partial charge in [0, 0.05) is 6.42 Å². The van der Waals surface area contributed by atoms with Crippen LogP contribution in [0, 0.1) is 11.3 Å². The molecular weight excluding hydrogens is 232 g/mol. The van der Waals surface area contributed by atoms with E-state index < -0.39 is 11.0 Å². The maximum Gasteiger partial charge on any atom is 0.311 e. The van der Waals surface area contributed by atoms with Crippen LogP contribution < -0.4 is 0 Å². The number of fused-ring (bicyclic) bond motifs is 2. The molecule has 1 heterocycles. The average molecular weight is 254 g/mol. The lowest BCUT2D eigenvalue weighted by molar-refractivity contribution is -0.180. The summed E-state index contributed by atoms with van der Waals surface area (Å²) in [4.78, 5) is 23.7. The van der Waals surface area contributed by atoms with E-state index in [4.69, 9.17) is 9.47 Å². The molecule has 18 heavy (non-hydrogen) atoms. The van der Waals surface area contributed by atoms with Gasteiger partial charge in [0.25, 0.3) is 0 Å². The van der Waals surface area contributed by atoms with E-state index in [2.05, 4.69) is 0 Å². The van der Waals surface area contributed by atoms with Crippen molar-refractivity contribution in [3.63, 3.8) is 0 Å².